The molecule has 0 saturated carbocycles. The van der Waals surface area contributed by atoms with Gasteiger partial charge in [-0.2, -0.15) is 0 Å². The monoisotopic (exact) mass is 283 g/mol. The summed E-state index contributed by atoms with van der Waals surface area (Å²) in [4.78, 5) is 15.0. The standard InChI is InChI=1S/C16H17N3O2/c17-14-8-12(16(20)21)9-18-15(14)19-13-6-5-10-3-1-2-4-11(10)7-13/h1-4,8-9,13H,5-7,17H2,(H,18,19)(H,20,21). The summed E-state index contributed by atoms with van der Waals surface area (Å²) in [7, 11) is 0. The van der Waals surface area contributed by atoms with Gasteiger partial charge >= 0.3 is 5.97 Å². The summed E-state index contributed by atoms with van der Waals surface area (Å²) in [5.41, 5.74) is 9.11. The molecule has 0 saturated heterocycles. The van der Waals surface area contributed by atoms with Crippen LogP contribution in [0.15, 0.2) is 36.5 Å². The molecule has 3 rings (SSSR count). The van der Waals surface area contributed by atoms with Gasteiger partial charge in [-0.1, -0.05) is 24.3 Å². The van der Waals surface area contributed by atoms with Crippen LogP contribution in [0.25, 0.3) is 0 Å². The average Bonchev–Trinajstić information content (AvgIpc) is 2.49. The highest BCUT2D eigenvalue weighted by Gasteiger charge is 2.19. The second kappa shape index (κ2) is 5.44. The molecule has 0 aliphatic heterocycles. The molecule has 5 nitrogen and oxygen atoms in total. The number of pyridine rings is 1. The molecule has 5 heteroatoms. The maximum absolute atomic E-state index is 10.9. The Labute approximate surface area is 122 Å². The van der Waals surface area contributed by atoms with Crippen LogP contribution in [0.2, 0.25) is 0 Å². The Hall–Kier alpha value is -2.56. The number of carboxylic acids is 1. The number of carbonyl (C=O) groups is 1. The fraction of sp³-hybridized carbons (Fsp3) is 0.250. The lowest BCUT2D eigenvalue weighted by atomic mass is 9.88. The number of hydrogen-bond acceptors (Lipinski definition) is 4. The second-order valence-corrected chi connectivity index (χ2v) is 5.32. The van der Waals surface area contributed by atoms with Crippen LogP contribution in [0.1, 0.15) is 27.9 Å². The molecule has 0 fully saturated rings. The number of benzene rings is 1. The number of aromatic nitrogens is 1. The number of nitrogens with zero attached hydrogens (tertiary/aromatic N) is 1. The van der Waals surface area contributed by atoms with Crippen LogP contribution in [-0.4, -0.2) is 22.1 Å². The van der Waals surface area contributed by atoms with Gasteiger partial charge < -0.3 is 16.2 Å². The van der Waals surface area contributed by atoms with E-state index in [0.29, 0.717) is 11.5 Å². The van der Waals surface area contributed by atoms with E-state index in [9.17, 15) is 4.79 Å². The Kier molecular flexibility index (Phi) is 3.48. The molecule has 1 aliphatic carbocycles. The first-order valence-electron chi connectivity index (χ1n) is 6.95. The van der Waals surface area contributed by atoms with Gasteiger partial charge in [0.25, 0.3) is 0 Å². The van der Waals surface area contributed by atoms with Gasteiger partial charge in [0.1, 0.15) is 5.82 Å². The predicted octanol–water partition coefficient (Wildman–Crippen LogP) is 2.33. The van der Waals surface area contributed by atoms with Crippen molar-refractivity contribution in [2.45, 2.75) is 25.3 Å². The van der Waals surface area contributed by atoms with Gasteiger partial charge in [-0.05, 0) is 36.5 Å². The van der Waals surface area contributed by atoms with Crippen molar-refractivity contribution in [3.8, 4) is 0 Å². The van der Waals surface area contributed by atoms with E-state index < -0.39 is 5.97 Å². The molecule has 1 atom stereocenters. The van der Waals surface area contributed by atoms with Crippen LogP contribution < -0.4 is 11.1 Å². The molecule has 0 radical (unpaired) electrons. The highest BCUT2D eigenvalue weighted by atomic mass is 16.4. The zero-order valence-corrected chi connectivity index (χ0v) is 11.5. The van der Waals surface area contributed by atoms with Crippen molar-refractivity contribution in [1.29, 1.82) is 0 Å². The molecule has 1 aliphatic rings. The number of rotatable bonds is 3. The van der Waals surface area contributed by atoms with Crippen LogP contribution in [0.4, 0.5) is 11.5 Å². The third kappa shape index (κ3) is 2.81. The molecule has 1 aromatic carbocycles. The van der Waals surface area contributed by atoms with E-state index in [1.165, 1.54) is 23.4 Å². The van der Waals surface area contributed by atoms with Crippen molar-refractivity contribution in [2.75, 3.05) is 11.1 Å². The van der Waals surface area contributed by atoms with Gasteiger partial charge in [0.2, 0.25) is 0 Å². The number of anilines is 2. The van der Waals surface area contributed by atoms with Crippen LogP contribution in [0.5, 0.6) is 0 Å². The van der Waals surface area contributed by atoms with E-state index in [1.54, 1.807) is 0 Å². The Morgan fingerprint density at radius 2 is 2.10 bits per heavy atom. The zero-order valence-electron chi connectivity index (χ0n) is 11.5. The summed E-state index contributed by atoms with van der Waals surface area (Å²) in [5, 5.41) is 12.2. The first-order valence-corrected chi connectivity index (χ1v) is 6.95. The van der Waals surface area contributed by atoms with Crippen molar-refractivity contribution >= 4 is 17.5 Å². The van der Waals surface area contributed by atoms with Gasteiger partial charge in [0.05, 0.1) is 11.3 Å². The molecule has 1 unspecified atom stereocenters. The third-order valence-electron chi connectivity index (χ3n) is 3.85. The zero-order chi connectivity index (χ0) is 14.8. The Balaban J connectivity index is 1.75. The third-order valence-corrected chi connectivity index (χ3v) is 3.85. The largest absolute Gasteiger partial charge is 0.478 e. The summed E-state index contributed by atoms with van der Waals surface area (Å²) in [6, 6.07) is 10.1. The number of nitrogen functional groups attached to an aromatic ring is 1. The number of carboxylic acid groups (broad SMARTS) is 1. The van der Waals surface area contributed by atoms with Crippen LogP contribution in [0, 0.1) is 0 Å². The lowest BCUT2D eigenvalue weighted by molar-refractivity contribution is 0.0696. The van der Waals surface area contributed by atoms with Crippen LogP contribution in [-0.2, 0) is 12.8 Å². The summed E-state index contributed by atoms with van der Waals surface area (Å²) >= 11 is 0. The minimum atomic E-state index is -1.02. The van der Waals surface area contributed by atoms with Crippen molar-refractivity contribution < 1.29 is 9.90 Å². The van der Waals surface area contributed by atoms with Crippen molar-refractivity contribution in [3.63, 3.8) is 0 Å². The first kappa shape index (κ1) is 13.4. The molecule has 1 aromatic heterocycles. The molecule has 0 spiro atoms. The summed E-state index contributed by atoms with van der Waals surface area (Å²) in [6.45, 7) is 0. The van der Waals surface area contributed by atoms with Gasteiger partial charge in [0.15, 0.2) is 0 Å². The second-order valence-electron chi connectivity index (χ2n) is 5.32. The quantitative estimate of drug-likeness (QED) is 0.804. The molecular formula is C16H17N3O2. The van der Waals surface area contributed by atoms with E-state index in [4.69, 9.17) is 10.8 Å². The molecular weight excluding hydrogens is 266 g/mol. The summed E-state index contributed by atoms with van der Waals surface area (Å²) < 4.78 is 0. The Morgan fingerprint density at radius 3 is 2.81 bits per heavy atom. The highest BCUT2D eigenvalue weighted by Crippen LogP contribution is 2.25. The lowest BCUT2D eigenvalue weighted by Crippen LogP contribution is -2.28. The van der Waals surface area contributed by atoms with Crippen molar-refractivity contribution in [1.82, 2.24) is 4.98 Å². The fourth-order valence-corrected chi connectivity index (χ4v) is 2.73. The topological polar surface area (TPSA) is 88.2 Å². The van der Waals surface area contributed by atoms with Crippen LogP contribution in [0.3, 0.4) is 0 Å². The highest BCUT2D eigenvalue weighted by molar-refractivity contribution is 5.89. The smallest absolute Gasteiger partial charge is 0.337 e. The Morgan fingerprint density at radius 1 is 1.33 bits per heavy atom. The molecule has 0 bridgehead atoms. The number of nitrogens with two attached hydrogens (primary N) is 1. The predicted molar refractivity (Wildman–Crippen MR) is 81.5 cm³/mol. The summed E-state index contributed by atoms with van der Waals surface area (Å²) in [5.74, 6) is -0.461. The first-order chi connectivity index (χ1) is 10.1. The van der Waals surface area contributed by atoms with Crippen molar-refractivity contribution in [3.05, 3.63) is 53.2 Å². The maximum atomic E-state index is 10.9. The van der Waals surface area contributed by atoms with Gasteiger partial charge in [0, 0.05) is 12.2 Å². The number of aryl methyl sites for hydroxylation is 1. The number of fused-ring (bicyclic) bond motifs is 1. The SMILES string of the molecule is Nc1cc(C(=O)O)cnc1NC1CCc2ccccc2C1. The lowest BCUT2D eigenvalue weighted by Gasteiger charge is -2.26. The molecule has 4 N–H and O–H groups in total. The van der Waals surface area contributed by atoms with E-state index in [2.05, 4.69) is 34.6 Å². The van der Waals surface area contributed by atoms with Gasteiger partial charge in [-0.15, -0.1) is 0 Å². The average molecular weight is 283 g/mol. The summed E-state index contributed by atoms with van der Waals surface area (Å²) in [6.07, 6.45) is 4.30. The van der Waals surface area contributed by atoms with E-state index >= 15 is 0 Å². The Bertz CT molecular complexity index is 685. The molecule has 108 valence electrons. The number of aromatic carboxylic acids is 1. The van der Waals surface area contributed by atoms with E-state index in [1.807, 2.05) is 0 Å². The van der Waals surface area contributed by atoms with Gasteiger partial charge in [-0.25, -0.2) is 9.78 Å². The van der Waals surface area contributed by atoms with Crippen molar-refractivity contribution in [2.24, 2.45) is 0 Å². The van der Waals surface area contributed by atoms with Gasteiger partial charge in [-0.3, -0.25) is 0 Å². The number of hydrogen-bond donors (Lipinski definition) is 3. The molecule has 2 aromatic rings. The van der Waals surface area contributed by atoms with E-state index in [0.717, 1.165) is 19.3 Å². The van der Waals surface area contributed by atoms with Crippen LogP contribution >= 0.6 is 0 Å². The number of nitrogens with one attached hydrogen (secondary N) is 1. The molecule has 21 heavy (non-hydrogen) atoms. The molecule has 0 amide bonds. The normalized spacial score (nSPS) is 17.0. The molecule has 1 heterocycles. The minimum Gasteiger partial charge on any atom is -0.478 e. The van der Waals surface area contributed by atoms with E-state index in [-0.39, 0.29) is 11.6 Å². The maximum Gasteiger partial charge on any atom is 0.337 e. The fourth-order valence-electron chi connectivity index (χ4n) is 2.73. The minimum absolute atomic E-state index is 0.104.